The van der Waals surface area contributed by atoms with Crippen LogP contribution in [-0.2, 0) is 30.8 Å². The molecule has 1 N–H and O–H groups in total. The van der Waals surface area contributed by atoms with E-state index in [1.165, 1.54) is 40.7 Å². The Balaban J connectivity index is 1.60. The Labute approximate surface area is 245 Å². The Kier molecular flexibility index (Phi) is 10.0. The number of thiazole rings is 1. The second-order valence-corrected chi connectivity index (χ2v) is 12.8. The van der Waals surface area contributed by atoms with Crippen LogP contribution in [0.15, 0.2) is 47.4 Å². The zero-order chi connectivity index (χ0) is 28.9. The van der Waals surface area contributed by atoms with E-state index in [-0.39, 0.29) is 49.4 Å². The third-order valence-electron chi connectivity index (χ3n) is 6.01. The number of halogens is 3. The van der Waals surface area contributed by atoms with Crippen molar-refractivity contribution in [3.63, 3.8) is 0 Å². The van der Waals surface area contributed by atoms with E-state index >= 15 is 0 Å². The summed E-state index contributed by atoms with van der Waals surface area (Å²) in [6, 6.07) is 9.39. The summed E-state index contributed by atoms with van der Waals surface area (Å²) in [6.45, 7) is 2.76. The third kappa shape index (κ3) is 7.29. The molecule has 1 aliphatic heterocycles. The van der Waals surface area contributed by atoms with Crippen LogP contribution in [0.25, 0.3) is 0 Å². The molecule has 0 radical (unpaired) electrons. The van der Waals surface area contributed by atoms with E-state index in [1.807, 2.05) is 0 Å². The van der Waals surface area contributed by atoms with E-state index < -0.39 is 33.8 Å². The number of anilines is 1. The maximum atomic E-state index is 14.6. The number of carbonyl (C=O) groups is 2. The summed E-state index contributed by atoms with van der Waals surface area (Å²) in [7, 11) is -3.70. The lowest BCUT2D eigenvalue weighted by Gasteiger charge is -2.26. The number of hydrogen-bond acceptors (Lipinski definition) is 8. The average molecular weight is 631 g/mol. The minimum atomic E-state index is -3.70. The van der Waals surface area contributed by atoms with Gasteiger partial charge in [-0.05, 0) is 50.1 Å². The molecule has 4 rings (SSSR count). The fraction of sp³-hybridized carbons (Fsp3) is 0.346. The highest BCUT2D eigenvalue weighted by Gasteiger charge is 2.29. The largest absolute Gasteiger partial charge is 0.473 e. The molecule has 40 heavy (non-hydrogen) atoms. The van der Waals surface area contributed by atoms with Gasteiger partial charge in [0.2, 0.25) is 16.1 Å². The lowest BCUT2D eigenvalue weighted by Crippen LogP contribution is -2.35. The maximum Gasteiger partial charge on any atom is 0.311 e. The number of sulfonamides is 1. The van der Waals surface area contributed by atoms with E-state index in [4.69, 9.17) is 32.7 Å². The van der Waals surface area contributed by atoms with Gasteiger partial charge >= 0.3 is 5.97 Å². The Hall–Kier alpha value is -2.77. The molecule has 0 aliphatic carbocycles. The summed E-state index contributed by atoms with van der Waals surface area (Å²) in [4.78, 5) is 29.5. The molecule has 1 aromatic heterocycles. The van der Waals surface area contributed by atoms with Gasteiger partial charge in [0, 0.05) is 23.7 Å². The zero-order valence-corrected chi connectivity index (χ0v) is 24.5. The van der Waals surface area contributed by atoms with E-state index in [1.54, 1.807) is 6.92 Å². The van der Waals surface area contributed by atoms with E-state index in [2.05, 4.69) is 10.3 Å². The van der Waals surface area contributed by atoms with Crippen LogP contribution in [-0.4, -0.2) is 49.3 Å². The highest BCUT2D eigenvalue weighted by atomic mass is 35.5. The van der Waals surface area contributed by atoms with E-state index in [0.29, 0.717) is 13.1 Å². The van der Waals surface area contributed by atoms with Gasteiger partial charge in [0.05, 0.1) is 23.6 Å². The molecule has 0 bridgehead atoms. The minimum absolute atomic E-state index is 0.0743. The quantitative estimate of drug-likeness (QED) is 0.289. The van der Waals surface area contributed by atoms with Gasteiger partial charge in [-0.1, -0.05) is 53.1 Å². The smallest absolute Gasteiger partial charge is 0.311 e. The predicted octanol–water partition coefficient (Wildman–Crippen LogP) is 5.63. The number of esters is 1. The highest BCUT2D eigenvalue weighted by molar-refractivity contribution is 7.89. The topological polar surface area (TPSA) is 115 Å². The Morgan fingerprint density at radius 1 is 1.12 bits per heavy atom. The second kappa shape index (κ2) is 13.3. The van der Waals surface area contributed by atoms with Crippen molar-refractivity contribution in [3.8, 4) is 5.75 Å². The minimum Gasteiger partial charge on any atom is -0.473 e. The molecule has 9 nitrogen and oxygen atoms in total. The number of aromatic nitrogens is 1. The van der Waals surface area contributed by atoms with Crippen molar-refractivity contribution >= 4 is 61.6 Å². The number of nitrogens with zero attached hydrogens (tertiary/aromatic N) is 2. The maximum absolute atomic E-state index is 14.6. The SMILES string of the molecule is CCOC(=O)Cc1nc(NC(=O)C(Oc2ccc(Cl)cc2F)c2ccc(S(=O)(=O)N3CCCCC3)cc2)sc1Cl. The fourth-order valence-corrected chi connectivity index (χ4v) is 6.77. The molecular weight excluding hydrogens is 604 g/mol. The first-order valence-electron chi connectivity index (χ1n) is 12.4. The Morgan fingerprint density at radius 2 is 1.82 bits per heavy atom. The first kappa shape index (κ1) is 30.2. The van der Waals surface area contributed by atoms with Crippen LogP contribution in [0, 0.1) is 5.82 Å². The molecule has 2 aromatic carbocycles. The molecule has 1 saturated heterocycles. The van der Waals surface area contributed by atoms with Crippen molar-refractivity contribution in [2.75, 3.05) is 25.0 Å². The molecular formula is C26H26Cl2FN3O6S2. The monoisotopic (exact) mass is 629 g/mol. The molecule has 3 aromatic rings. The molecule has 1 unspecified atom stereocenters. The van der Waals surface area contributed by atoms with Gasteiger partial charge in [-0.25, -0.2) is 17.8 Å². The van der Waals surface area contributed by atoms with E-state index in [9.17, 15) is 22.4 Å². The van der Waals surface area contributed by atoms with Gasteiger partial charge in [-0.2, -0.15) is 4.31 Å². The van der Waals surface area contributed by atoms with Gasteiger partial charge in [0.15, 0.2) is 16.7 Å². The lowest BCUT2D eigenvalue weighted by atomic mass is 10.1. The van der Waals surface area contributed by atoms with Gasteiger partial charge in [0.25, 0.3) is 5.91 Å². The second-order valence-electron chi connectivity index (χ2n) is 8.82. The summed E-state index contributed by atoms with van der Waals surface area (Å²) >= 11 is 13.0. The van der Waals surface area contributed by atoms with Crippen molar-refractivity contribution in [3.05, 3.63) is 68.9 Å². The predicted molar refractivity (Wildman–Crippen MR) is 150 cm³/mol. The molecule has 1 amide bonds. The van der Waals surface area contributed by atoms with Gasteiger partial charge < -0.3 is 9.47 Å². The van der Waals surface area contributed by atoms with Gasteiger partial charge in [-0.15, -0.1) is 0 Å². The molecule has 1 aliphatic rings. The van der Waals surface area contributed by atoms with Crippen LogP contribution in [0.4, 0.5) is 9.52 Å². The van der Waals surface area contributed by atoms with Crippen LogP contribution < -0.4 is 10.1 Å². The molecule has 1 fully saturated rings. The fourth-order valence-electron chi connectivity index (χ4n) is 4.05. The number of nitrogens with one attached hydrogen (secondary N) is 1. The molecule has 214 valence electrons. The van der Waals surface area contributed by atoms with Crippen LogP contribution >= 0.6 is 34.5 Å². The van der Waals surface area contributed by atoms with Crippen molar-refractivity contribution < 1.29 is 31.9 Å². The van der Waals surface area contributed by atoms with Crippen LogP contribution in [0.2, 0.25) is 9.36 Å². The summed E-state index contributed by atoms with van der Waals surface area (Å²) in [5, 5.41) is 2.82. The standard InChI is InChI=1S/C26H26Cl2FN3O6S2/c1-2-37-22(33)15-20-24(28)39-26(30-20)31-25(34)23(38-21-11-8-17(27)14-19(21)29)16-6-9-18(10-7-16)40(35,36)32-12-4-3-5-13-32/h6-11,14,23H,2-5,12-13,15H2,1H3,(H,30,31,34). The lowest BCUT2D eigenvalue weighted by molar-refractivity contribution is -0.142. The first-order valence-corrected chi connectivity index (χ1v) is 15.4. The van der Waals surface area contributed by atoms with Crippen LogP contribution in [0.5, 0.6) is 5.75 Å². The molecule has 14 heteroatoms. The number of carbonyl (C=O) groups excluding carboxylic acids is 2. The molecule has 1 atom stereocenters. The van der Waals surface area contributed by atoms with Gasteiger partial charge in [-0.3, -0.25) is 14.9 Å². The number of piperidine rings is 1. The van der Waals surface area contributed by atoms with Crippen molar-refractivity contribution in [1.82, 2.24) is 9.29 Å². The van der Waals surface area contributed by atoms with Crippen LogP contribution in [0.1, 0.15) is 43.5 Å². The number of benzene rings is 2. The van der Waals surface area contributed by atoms with Crippen molar-refractivity contribution in [2.24, 2.45) is 0 Å². The summed E-state index contributed by atoms with van der Waals surface area (Å²) in [5.74, 6) is -2.28. The number of hydrogen-bond donors (Lipinski definition) is 1. The molecule has 2 heterocycles. The Bertz CT molecular complexity index is 1480. The normalized spacial score (nSPS) is 14.9. The summed E-state index contributed by atoms with van der Waals surface area (Å²) in [6.07, 6.45) is 0.986. The number of amides is 1. The average Bonchev–Trinajstić information content (AvgIpc) is 3.26. The van der Waals surface area contributed by atoms with E-state index in [0.717, 1.165) is 36.7 Å². The highest BCUT2D eigenvalue weighted by Crippen LogP contribution is 2.32. The summed E-state index contributed by atoms with van der Waals surface area (Å²) in [5.41, 5.74) is 0.493. The molecule has 0 spiro atoms. The van der Waals surface area contributed by atoms with Crippen LogP contribution in [0.3, 0.4) is 0 Å². The number of rotatable bonds is 10. The number of ether oxygens (including phenoxy) is 2. The van der Waals surface area contributed by atoms with Crippen molar-refractivity contribution in [2.45, 2.75) is 43.6 Å². The first-order chi connectivity index (χ1) is 19.1. The van der Waals surface area contributed by atoms with Crippen molar-refractivity contribution in [1.29, 1.82) is 0 Å². The zero-order valence-electron chi connectivity index (χ0n) is 21.4. The molecule has 0 saturated carbocycles. The summed E-state index contributed by atoms with van der Waals surface area (Å²) < 4.78 is 53.0. The van der Waals surface area contributed by atoms with Gasteiger partial charge in [0.1, 0.15) is 4.34 Å². The Morgan fingerprint density at radius 3 is 2.48 bits per heavy atom. The third-order valence-corrected chi connectivity index (χ3v) is 9.41.